The van der Waals surface area contributed by atoms with Crippen LogP contribution in [-0.2, 0) is 9.53 Å². The molecule has 0 saturated carbocycles. The Bertz CT molecular complexity index is 245. The minimum absolute atomic E-state index is 0.328. The molecule has 0 aromatic carbocycles. The van der Waals surface area contributed by atoms with Crippen LogP contribution in [0.1, 0.15) is 40.0 Å². The Morgan fingerprint density at radius 3 is 2.59 bits per heavy atom. The topological polar surface area (TPSA) is 58.6 Å². The summed E-state index contributed by atoms with van der Waals surface area (Å²) in [5, 5.41) is 12.7. The summed E-state index contributed by atoms with van der Waals surface area (Å²) in [6, 6.07) is 0.328. The van der Waals surface area contributed by atoms with Crippen LogP contribution < -0.4 is 5.32 Å². The van der Waals surface area contributed by atoms with Gasteiger partial charge < -0.3 is 15.2 Å². The first-order valence-electron chi connectivity index (χ1n) is 6.60. The predicted molar refractivity (Wildman–Crippen MR) is 67.0 cm³/mol. The molecule has 2 atom stereocenters. The molecule has 0 spiro atoms. The molecule has 0 amide bonds. The monoisotopic (exact) mass is 243 g/mol. The quantitative estimate of drug-likeness (QED) is 0.717. The van der Waals surface area contributed by atoms with Gasteiger partial charge in [0.05, 0.1) is 12.0 Å². The van der Waals surface area contributed by atoms with Crippen molar-refractivity contribution in [1.82, 2.24) is 5.32 Å². The molecular formula is C13H25NO3. The van der Waals surface area contributed by atoms with Crippen LogP contribution in [0.15, 0.2) is 0 Å². The molecule has 4 heteroatoms. The van der Waals surface area contributed by atoms with Gasteiger partial charge in [-0.2, -0.15) is 0 Å². The molecule has 1 aliphatic heterocycles. The van der Waals surface area contributed by atoms with Crippen molar-refractivity contribution in [2.75, 3.05) is 19.8 Å². The summed E-state index contributed by atoms with van der Waals surface area (Å²) < 4.78 is 5.35. The first-order valence-corrected chi connectivity index (χ1v) is 6.60. The van der Waals surface area contributed by atoms with Gasteiger partial charge in [-0.25, -0.2) is 0 Å². The lowest BCUT2D eigenvalue weighted by Gasteiger charge is -2.30. The van der Waals surface area contributed by atoms with E-state index in [4.69, 9.17) is 4.74 Å². The molecule has 1 fully saturated rings. The van der Waals surface area contributed by atoms with Gasteiger partial charge in [-0.1, -0.05) is 13.8 Å². The Labute approximate surface area is 104 Å². The number of nitrogens with one attached hydrogen (secondary N) is 1. The van der Waals surface area contributed by atoms with E-state index in [0.717, 1.165) is 19.6 Å². The molecular weight excluding hydrogens is 218 g/mol. The van der Waals surface area contributed by atoms with Crippen molar-refractivity contribution in [1.29, 1.82) is 0 Å². The maximum absolute atomic E-state index is 11.4. The van der Waals surface area contributed by atoms with E-state index in [2.05, 4.69) is 12.2 Å². The van der Waals surface area contributed by atoms with Crippen LogP contribution in [0.5, 0.6) is 0 Å². The zero-order valence-corrected chi connectivity index (χ0v) is 11.2. The van der Waals surface area contributed by atoms with Crippen molar-refractivity contribution in [2.45, 2.75) is 46.1 Å². The molecule has 100 valence electrons. The lowest BCUT2D eigenvalue weighted by molar-refractivity contribution is -0.149. The molecule has 1 saturated heterocycles. The Balaban J connectivity index is 2.48. The molecule has 17 heavy (non-hydrogen) atoms. The summed E-state index contributed by atoms with van der Waals surface area (Å²) in [6.45, 7) is 8.20. The number of hydrogen-bond donors (Lipinski definition) is 2. The Hall–Kier alpha value is -0.610. The molecule has 0 aromatic rings. The van der Waals surface area contributed by atoms with Crippen molar-refractivity contribution < 1.29 is 14.6 Å². The second-order valence-electron chi connectivity index (χ2n) is 5.09. The Morgan fingerprint density at radius 2 is 2.18 bits per heavy atom. The molecule has 2 N–H and O–H groups in total. The van der Waals surface area contributed by atoms with Gasteiger partial charge in [0.1, 0.15) is 0 Å². The van der Waals surface area contributed by atoms with Gasteiger partial charge in [-0.3, -0.25) is 4.79 Å². The molecule has 1 heterocycles. The van der Waals surface area contributed by atoms with E-state index in [-0.39, 0.29) is 0 Å². The van der Waals surface area contributed by atoms with Gasteiger partial charge in [0.2, 0.25) is 0 Å². The highest BCUT2D eigenvalue weighted by Crippen LogP contribution is 2.26. The standard InChI is InChI=1S/C13H25NO3/c1-4-13(5-2,12(15)16)9-14-10(3)11-6-7-17-8-11/h10-11,14H,4-9H2,1-3H3,(H,15,16). The van der Waals surface area contributed by atoms with Crippen LogP contribution in [0, 0.1) is 11.3 Å². The lowest BCUT2D eigenvalue weighted by Crippen LogP contribution is -2.45. The predicted octanol–water partition coefficient (Wildman–Crippen LogP) is 1.89. The van der Waals surface area contributed by atoms with E-state index in [1.54, 1.807) is 0 Å². The van der Waals surface area contributed by atoms with Crippen molar-refractivity contribution in [3.05, 3.63) is 0 Å². The number of hydrogen-bond acceptors (Lipinski definition) is 3. The first kappa shape index (κ1) is 14.5. The van der Waals surface area contributed by atoms with Gasteiger partial charge >= 0.3 is 5.97 Å². The SMILES string of the molecule is CCC(CC)(CNC(C)C1CCOC1)C(=O)O. The normalized spacial score (nSPS) is 22.6. The summed E-state index contributed by atoms with van der Waals surface area (Å²) in [6.07, 6.45) is 2.41. The van der Waals surface area contributed by atoms with Gasteiger partial charge in [0.15, 0.2) is 0 Å². The number of ether oxygens (including phenoxy) is 1. The highest BCUT2D eigenvalue weighted by atomic mass is 16.5. The minimum atomic E-state index is -0.690. The molecule has 1 aliphatic rings. The minimum Gasteiger partial charge on any atom is -0.481 e. The van der Waals surface area contributed by atoms with Crippen molar-refractivity contribution in [3.8, 4) is 0 Å². The second kappa shape index (κ2) is 6.36. The van der Waals surface area contributed by atoms with E-state index in [0.29, 0.717) is 31.3 Å². The van der Waals surface area contributed by atoms with Crippen LogP contribution in [0.25, 0.3) is 0 Å². The van der Waals surface area contributed by atoms with Gasteiger partial charge in [0, 0.05) is 19.2 Å². The third kappa shape index (κ3) is 3.42. The van der Waals surface area contributed by atoms with Gasteiger partial charge in [0.25, 0.3) is 0 Å². The van der Waals surface area contributed by atoms with E-state index in [9.17, 15) is 9.90 Å². The number of carbonyl (C=O) groups is 1. The third-order valence-corrected chi connectivity index (χ3v) is 4.24. The molecule has 0 radical (unpaired) electrons. The summed E-state index contributed by atoms with van der Waals surface area (Å²) in [5.41, 5.74) is -0.617. The van der Waals surface area contributed by atoms with Crippen molar-refractivity contribution in [2.24, 2.45) is 11.3 Å². The van der Waals surface area contributed by atoms with Crippen LogP contribution in [0.3, 0.4) is 0 Å². The summed E-state index contributed by atoms with van der Waals surface area (Å²) >= 11 is 0. The maximum atomic E-state index is 11.4. The average Bonchev–Trinajstić information content (AvgIpc) is 2.84. The Morgan fingerprint density at radius 1 is 1.53 bits per heavy atom. The molecule has 1 rings (SSSR count). The summed E-state index contributed by atoms with van der Waals surface area (Å²) in [4.78, 5) is 11.4. The zero-order chi connectivity index (χ0) is 12.9. The van der Waals surface area contributed by atoms with E-state index in [1.165, 1.54) is 0 Å². The van der Waals surface area contributed by atoms with Gasteiger partial charge in [-0.05, 0) is 32.1 Å². The number of carboxylic acids is 1. The fourth-order valence-corrected chi connectivity index (χ4v) is 2.35. The lowest BCUT2D eigenvalue weighted by atomic mass is 9.82. The smallest absolute Gasteiger partial charge is 0.310 e. The number of carboxylic acid groups (broad SMARTS) is 1. The zero-order valence-electron chi connectivity index (χ0n) is 11.2. The van der Waals surface area contributed by atoms with Crippen molar-refractivity contribution in [3.63, 3.8) is 0 Å². The number of rotatable bonds is 7. The fourth-order valence-electron chi connectivity index (χ4n) is 2.35. The third-order valence-electron chi connectivity index (χ3n) is 4.24. The van der Waals surface area contributed by atoms with Crippen LogP contribution in [0.2, 0.25) is 0 Å². The second-order valence-corrected chi connectivity index (χ2v) is 5.09. The van der Waals surface area contributed by atoms with E-state index in [1.807, 2.05) is 13.8 Å². The average molecular weight is 243 g/mol. The fraction of sp³-hybridized carbons (Fsp3) is 0.923. The largest absolute Gasteiger partial charge is 0.481 e. The molecule has 0 bridgehead atoms. The van der Waals surface area contributed by atoms with E-state index >= 15 is 0 Å². The molecule has 0 aromatic heterocycles. The van der Waals surface area contributed by atoms with Crippen LogP contribution >= 0.6 is 0 Å². The first-order chi connectivity index (χ1) is 8.05. The van der Waals surface area contributed by atoms with Crippen LogP contribution in [0.4, 0.5) is 0 Å². The highest BCUT2D eigenvalue weighted by molar-refractivity contribution is 5.74. The van der Waals surface area contributed by atoms with E-state index < -0.39 is 11.4 Å². The van der Waals surface area contributed by atoms with Gasteiger partial charge in [-0.15, -0.1) is 0 Å². The molecule has 4 nitrogen and oxygen atoms in total. The summed E-state index contributed by atoms with van der Waals surface area (Å²) in [5.74, 6) is -0.167. The van der Waals surface area contributed by atoms with Crippen molar-refractivity contribution >= 4 is 5.97 Å². The maximum Gasteiger partial charge on any atom is 0.310 e. The molecule has 2 unspecified atom stereocenters. The highest BCUT2D eigenvalue weighted by Gasteiger charge is 2.35. The molecule has 0 aliphatic carbocycles. The van der Waals surface area contributed by atoms with Crippen LogP contribution in [-0.4, -0.2) is 36.9 Å². The summed E-state index contributed by atoms with van der Waals surface area (Å²) in [7, 11) is 0. The Kier molecular flexibility index (Phi) is 5.40. The number of aliphatic carboxylic acids is 1.